The third-order valence-corrected chi connectivity index (χ3v) is 4.19. The molecular formula is C22H19N3O2. The van der Waals surface area contributed by atoms with Crippen LogP contribution in [0.5, 0.6) is 11.5 Å². The minimum absolute atomic E-state index is 0.476. The fourth-order valence-electron chi connectivity index (χ4n) is 2.79. The normalized spacial score (nSPS) is 11.1. The van der Waals surface area contributed by atoms with Crippen molar-refractivity contribution in [3.8, 4) is 11.5 Å². The Morgan fingerprint density at radius 1 is 0.963 bits per heavy atom. The average Bonchev–Trinajstić information content (AvgIpc) is 3.15. The molecule has 0 atom stereocenters. The molecule has 0 N–H and O–H groups in total. The number of rotatable bonds is 6. The maximum atomic E-state index is 5.96. The molecule has 3 aromatic carbocycles. The number of fused-ring (bicyclic) bond motifs is 1. The van der Waals surface area contributed by atoms with Crippen LogP contribution in [-0.2, 0) is 6.61 Å². The molecule has 4 aromatic rings. The third kappa shape index (κ3) is 3.82. The third-order valence-electron chi connectivity index (χ3n) is 4.19. The summed E-state index contributed by atoms with van der Waals surface area (Å²) in [6, 6.07) is 23.7. The summed E-state index contributed by atoms with van der Waals surface area (Å²) in [5.74, 6) is 1.37. The zero-order valence-corrected chi connectivity index (χ0v) is 14.9. The molecule has 0 unspecified atom stereocenters. The Labute approximate surface area is 157 Å². The smallest absolute Gasteiger partial charge is 0.162 e. The van der Waals surface area contributed by atoms with E-state index in [1.54, 1.807) is 24.3 Å². The molecule has 5 nitrogen and oxygen atoms in total. The Morgan fingerprint density at radius 2 is 1.78 bits per heavy atom. The highest BCUT2D eigenvalue weighted by Gasteiger charge is 2.06. The second kappa shape index (κ2) is 7.74. The van der Waals surface area contributed by atoms with Crippen molar-refractivity contribution in [2.45, 2.75) is 6.61 Å². The second-order valence-corrected chi connectivity index (χ2v) is 6.01. The van der Waals surface area contributed by atoms with E-state index in [9.17, 15) is 0 Å². The van der Waals surface area contributed by atoms with Gasteiger partial charge in [-0.1, -0.05) is 42.5 Å². The van der Waals surface area contributed by atoms with E-state index in [4.69, 9.17) is 9.47 Å². The van der Waals surface area contributed by atoms with Gasteiger partial charge in [0.1, 0.15) is 12.9 Å². The highest BCUT2D eigenvalue weighted by Crippen LogP contribution is 2.28. The lowest BCUT2D eigenvalue weighted by atomic mass is 10.2. The van der Waals surface area contributed by atoms with E-state index in [0.717, 1.165) is 22.2 Å². The number of ether oxygens (including phenoxy) is 2. The molecule has 0 bridgehead atoms. The topological polar surface area (TPSA) is 48.6 Å². The standard InChI is InChI=1S/C22H19N3O2/c1-26-21-12-11-18(13-22(21)27-15-17-7-3-2-4-8-17)14-24-25-16-23-19-9-5-6-10-20(19)25/h2-14,16H,15H2,1H3/b24-14-. The number of hydrogen-bond donors (Lipinski definition) is 0. The minimum atomic E-state index is 0.476. The Hall–Kier alpha value is -3.60. The first-order chi connectivity index (χ1) is 13.3. The van der Waals surface area contributed by atoms with Crippen LogP contribution in [0.15, 0.2) is 84.2 Å². The van der Waals surface area contributed by atoms with Crippen LogP contribution in [0.3, 0.4) is 0 Å². The zero-order valence-electron chi connectivity index (χ0n) is 14.9. The molecule has 4 rings (SSSR count). The Morgan fingerprint density at radius 3 is 2.63 bits per heavy atom. The van der Waals surface area contributed by atoms with Gasteiger partial charge in [-0.05, 0) is 41.5 Å². The van der Waals surface area contributed by atoms with Gasteiger partial charge < -0.3 is 9.47 Å². The van der Waals surface area contributed by atoms with Crippen molar-refractivity contribution < 1.29 is 9.47 Å². The van der Waals surface area contributed by atoms with Crippen LogP contribution < -0.4 is 9.47 Å². The van der Waals surface area contributed by atoms with Gasteiger partial charge in [0.2, 0.25) is 0 Å². The number of imidazole rings is 1. The first kappa shape index (κ1) is 16.8. The zero-order chi connectivity index (χ0) is 18.5. The van der Waals surface area contributed by atoms with Gasteiger partial charge in [-0.15, -0.1) is 0 Å². The minimum Gasteiger partial charge on any atom is -0.493 e. The van der Waals surface area contributed by atoms with Gasteiger partial charge in [-0.25, -0.2) is 9.66 Å². The molecule has 0 aliphatic heterocycles. The van der Waals surface area contributed by atoms with Crippen LogP contribution >= 0.6 is 0 Å². The summed E-state index contributed by atoms with van der Waals surface area (Å²) >= 11 is 0. The fourth-order valence-corrected chi connectivity index (χ4v) is 2.79. The largest absolute Gasteiger partial charge is 0.493 e. The fraction of sp³-hybridized carbons (Fsp3) is 0.0909. The van der Waals surface area contributed by atoms with Crippen LogP contribution in [0, 0.1) is 0 Å². The van der Waals surface area contributed by atoms with Crippen molar-refractivity contribution in [1.82, 2.24) is 9.66 Å². The van der Waals surface area contributed by atoms with Gasteiger partial charge in [-0.3, -0.25) is 0 Å². The molecule has 1 aromatic heterocycles. The van der Waals surface area contributed by atoms with Gasteiger partial charge >= 0.3 is 0 Å². The predicted octanol–water partition coefficient (Wildman–Crippen LogP) is 4.51. The van der Waals surface area contributed by atoms with E-state index in [2.05, 4.69) is 10.1 Å². The summed E-state index contributed by atoms with van der Waals surface area (Å²) in [4.78, 5) is 4.34. The predicted molar refractivity (Wildman–Crippen MR) is 106 cm³/mol. The van der Waals surface area contributed by atoms with Crippen molar-refractivity contribution in [2.75, 3.05) is 7.11 Å². The van der Waals surface area contributed by atoms with Crippen molar-refractivity contribution in [1.29, 1.82) is 0 Å². The number of hydrogen-bond acceptors (Lipinski definition) is 4. The number of benzene rings is 3. The van der Waals surface area contributed by atoms with Gasteiger partial charge in [-0.2, -0.15) is 5.10 Å². The lowest BCUT2D eigenvalue weighted by Crippen LogP contribution is -1.98. The molecule has 0 aliphatic rings. The molecule has 0 spiro atoms. The Kier molecular flexibility index (Phi) is 4.83. The summed E-state index contributed by atoms with van der Waals surface area (Å²) < 4.78 is 13.1. The number of aromatic nitrogens is 2. The van der Waals surface area contributed by atoms with E-state index < -0.39 is 0 Å². The van der Waals surface area contributed by atoms with E-state index in [0.29, 0.717) is 18.1 Å². The van der Waals surface area contributed by atoms with Crippen LogP contribution in [0.2, 0.25) is 0 Å². The molecule has 1 heterocycles. The quantitative estimate of drug-likeness (QED) is 0.477. The van der Waals surface area contributed by atoms with Crippen molar-refractivity contribution >= 4 is 17.2 Å². The van der Waals surface area contributed by atoms with Gasteiger partial charge in [0.15, 0.2) is 11.5 Å². The Balaban J connectivity index is 1.56. The molecule has 0 fully saturated rings. The maximum Gasteiger partial charge on any atom is 0.162 e. The SMILES string of the molecule is COc1ccc(/C=N\n2cnc3ccccc32)cc1OCc1ccccc1. The van der Waals surface area contributed by atoms with Crippen molar-refractivity contribution in [3.05, 3.63) is 90.3 Å². The second-order valence-electron chi connectivity index (χ2n) is 6.01. The molecule has 0 amide bonds. The first-order valence-electron chi connectivity index (χ1n) is 8.65. The maximum absolute atomic E-state index is 5.96. The van der Waals surface area contributed by atoms with Crippen molar-refractivity contribution in [2.24, 2.45) is 5.10 Å². The summed E-state index contributed by atoms with van der Waals surface area (Å²) in [5, 5.41) is 4.51. The summed E-state index contributed by atoms with van der Waals surface area (Å²) in [6.45, 7) is 0.476. The number of para-hydroxylation sites is 2. The van der Waals surface area contributed by atoms with Crippen LogP contribution in [0.1, 0.15) is 11.1 Å². The molecule has 134 valence electrons. The summed E-state index contributed by atoms with van der Waals surface area (Å²) in [7, 11) is 1.64. The highest BCUT2D eigenvalue weighted by molar-refractivity contribution is 5.82. The van der Waals surface area contributed by atoms with E-state index in [1.807, 2.05) is 72.8 Å². The number of methoxy groups -OCH3 is 1. The molecule has 27 heavy (non-hydrogen) atoms. The highest BCUT2D eigenvalue weighted by atomic mass is 16.5. The van der Waals surface area contributed by atoms with E-state index >= 15 is 0 Å². The molecule has 0 saturated heterocycles. The molecule has 0 radical (unpaired) electrons. The summed E-state index contributed by atoms with van der Waals surface area (Å²) in [5.41, 5.74) is 3.89. The van der Waals surface area contributed by atoms with Gasteiger partial charge in [0.05, 0.1) is 24.4 Å². The van der Waals surface area contributed by atoms with E-state index in [-0.39, 0.29) is 0 Å². The van der Waals surface area contributed by atoms with E-state index in [1.165, 1.54) is 0 Å². The van der Waals surface area contributed by atoms with Crippen LogP contribution in [0.25, 0.3) is 11.0 Å². The monoisotopic (exact) mass is 357 g/mol. The van der Waals surface area contributed by atoms with Gasteiger partial charge in [0, 0.05) is 0 Å². The Bertz CT molecular complexity index is 1070. The molecule has 0 aliphatic carbocycles. The molecular weight excluding hydrogens is 338 g/mol. The summed E-state index contributed by atoms with van der Waals surface area (Å²) in [6.07, 6.45) is 3.49. The molecule has 0 saturated carbocycles. The molecule has 5 heteroatoms. The van der Waals surface area contributed by atoms with Gasteiger partial charge in [0.25, 0.3) is 0 Å². The average molecular weight is 357 g/mol. The van der Waals surface area contributed by atoms with Crippen LogP contribution in [0.4, 0.5) is 0 Å². The first-order valence-corrected chi connectivity index (χ1v) is 8.65. The van der Waals surface area contributed by atoms with Crippen LogP contribution in [-0.4, -0.2) is 23.0 Å². The lowest BCUT2D eigenvalue weighted by Gasteiger charge is -2.11. The lowest BCUT2D eigenvalue weighted by molar-refractivity contribution is 0.284. The van der Waals surface area contributed by atoms with Crippen molar-refractivity contribution in [3.63, 3.8) is 0 Å². The number of nitrogens with zero attached hydrogens (tertiary/aromatic N) is 3.